The van der Waals surface area contributed by atoms with Gasteiger partial charge in [-0.05, 0) is 18.6 Å². The largest absolute Gasteiger partial charge is 0.335 e. The molecule has 1 heterocycles. The van der Waals surface area contributed by atoms with E-state index in [1.54, 1.807) is 6.92 Å². The smallest absolute Gasteiger partial charge is 0.277 e. The van der Waals surface area contributed by atoms with Gasteiger partial charge in [-0.3, -0.25) is 14.9 Å². The van der Waals surface area contributed by atoms with Gasteiger partial charge in [0.15, 0.2) is 0 Å². The second-order valence-electron chi connectivity index (χ2n) is 4.41. The summed E-state index contributed by atoms with van der Waals surface area (Å²) in [6.07, 6.45) is 0.801. The molecule has 1 aliphatic heterocycles. The Bertz CT molecular complexity index is 589. The van der Waals surface area contributed by atoms with Crippen molar-refractivity contribution in [3.8, 4) is 0 Å². The van der Waals surface area contributed by atoms with Gasteiger partial charge < -0.3 is 0 Å². The normalized spacial score (nSPS) is 19.2. The van der Waals surface area contributed by atoms with Gasteiger partial charge in [0.05, 0.1) is 5.69 Å². The SMILES string of the molecule is CCCC1C(=O)NC(=O)N(c2ccc(F)cc2F)C1=O. The highest BCUT2D eigenvalue weighted by Gasteiger charge is 2.41. The van der Waals surface area contributed by atoms with Gasteiger partial charge in [0.2, 0.25) is 11.8 Å². The number of urea groups is 1. The number of halogens is 2. The van der Waals surface area contributed by atoms with E-state index in [0.29, 0.717) is 17.4 Å². The first-order valence-electron chi connectivity index (χ1n) is 6.09. The molecule has 2 rings (SSSR count). The van der Waals surface area contributed by atoms with Crippen LogP contribution in [0.1, 0.15) is 19.8 Å². The van der Waals surface area contributed by atoms with Crippen LogP contribution in [0.5, 0.6) is 0 Å². The molecule has 0 bridgehead atoms. The highest BCUT2D eigenvalue weighted by molar-refractivity contribution is 6.27. The molecule has 0 aliphatic carbocycles. The third-order valence-corrected chi connectivity index (χ3v) is 3.00. The molecule has 7 heteroatoms. The molecule has 5 nitrogen and oxygen atoms in total. The maximum absolute atomic E-state index is 13.7. The van der Waals surface area contributed by atoms with Crippen LogP contribution in [0.15, 0.2) is 18.2 Å². The van der Waals surface area contributed by atoms with Crippen molar-refractivity contribution in [1.29, 1.82) is 0 Å². The number of carbonyl (C=O) groups is 3. The van der Waals surface area contributed by atoms with Gasteiger partial charge in [-0.25, -0.2) is 18.5 Å². The molecule has 1 aliphatic rings. The van der Waals surface area contributed by atoms with Crippen LogP contribution in [0.3, 0.4) is 0 Å². The fraction of sp³-hybridized carbons (Fsp3) is 0.308. The lowest BCUT2D eigenvalue weighted by atomic mass is 9.99. The van der Waals surface area contributed by atoms with Crippen molar-refractivity contribution in [2.75, 3.05) is 4.90 Å². The summed E-state index contributed by atoms with van der Waals surface area (Å²) in [6, 6.07) is 1.46. The predicted octanol–water partition coefficient (Wildman–Crippen LogP) is 1.96. The number of benzene rings is 1. The zero-order chi connectivity index (χ0) is 14.9. The summed E-state index contributed by atoms with van der Waals surface area (Å²) < 4.78 is 26.6. The first-order valence-corrected chi connectivity index (χ1v) is 6.09. The molecule has 106 valence electrons. The molecule has 4 amide bonds. The number of hydrogen-bond acceptors (Lipinski definition) is 3. The first kappa shape index (κ1) is 14.1. The predicted molar refractivity (Wildman–Crippen MR) is 65.8 cm³/mol. The molecule has 1 aromatic rings. The summed E-state index contributed by atoms with van der Waals surface area (Å²) in [5.74, 6) is -4.40. The molecule has 1 fully saturated rings. The zero-order valence-electron chi connectivity index (χ0n) is 10.7. The molecule has 1 aromatic carbocycles. The van der Waals surface area contributed by atoms with E-state index in [4.69, 9.17) is 0 Å². The van der Waals surface area contributed by atoms with Gasteiger partial charge in [0.1, 0.15) is 17.6 Å². The molecular formula is C13H12F2N2O3. The summed E-state index contributed by atoms with van der Waals surface area (Å²) in [5, 5.41) is 2.00. The number of hydrogen-bond donors (Lipinski definition) is 1. The maximum Gasteiger partial charge on any atom is 0.335 e. The Morgan fingerprint density at radius 2 is 1.95 bits per heavy atom. The third kappa shape index (κ3) is 2.38. The van der Waals surface area contributed by atoms with Crippen molar-refractivity contribution in [1.82, 2.24) is 5.32 Å². The number of nitrogens with zero attached hydrogens (tertiary/aromatic N) is 1. The molecule has 1 N–H and O–H groups in total. The van der Waals surface area contributed by atoms with Crippen molar-refractivity contribution in [3.63, 3.8) is 0 Å². The lowest BCUT2D eigenvalue weighted by Crippen LogP contribution is -2.58. The second-order valence-corrected chi connectivity index (χ2v) is 4.41. The Hall–Kier alpha value is -2.31. The average Bonchev–Trinajstić information content (AvgIpc) is 2.37. The highest BCUT2D eigenvalue weighted by atomic mass is 19.1. The Kier molecular flexibility index (Phi) is 3.78. The average molecular weight is 282 g/mol. The maximum atomic E-state index is 13.7. The van der Waals surface area contributed by atoms with Crippen molar-refractivity contribution in [3.05, 3.63) is 29.8 Å². The molecule has 0 spiro atoms. The van der Waals surface area contributed by atoms with E-state index in [1.165, 1.54) is 0 Å². The van der Waals surface area contributed by atoms with Crippen LogP contribution in [-0.4, -0.2) is 17.8 Å². The second kappa shape index (κ2) is 5.36. The van der Waals surface area contributed by atoms with Crippen LogP contribution in [0.25, 0.3) is 0 Å². The number of rotatable bonds is 3. The number of carbonyl (C=O) groups excluding carboxylic acids is 3. The highest BCUT2D eigenvalue weighted by Crippen LogP contribution is 2.25. The number of imide groups is 2. The third-order valence-electron chi connectivity index (χ3n) is 3.00. The van der Waals surface area contributed by atoms with Crippen LogP contribution >= 0.6 is 0 Å². The van der Waals surface area contributed by atoms with Crippen molar-refractivity contribution in [2.24, 2.45) is 5.92 Å². The van der Waals surface area contributed by atoms with Gasteiger partial charge in [-0.15, -0.1) is 0 Å². The van der Waals surface area contributed by atoms with Crippen LogP contribution in [0.2, 0.25) is 0 Å². The summed E-state index contributed by atoms with van der Waals surface area (Å²) in [7, 11) is 0. The van der Waals surface area contributed by atoms with E-state index in [-0.39, 0.29) is 12.1 Å². The molecule has 1 saturated heterocycles. The summed E-state index contributed by atoms with van der Waals surface area (Å²) >= 11 is 0. The standard InChI is InChI=1S/C13H12F2N2O3/c1-2-3-8-11(18)16-13(20)17(12(8)19)10-5-4-7(14)6-9(10)15/h4-6,8H,2-3H2,1H3,(H,16,18,20). The quantitative estimate of drug-likeness (QED) is 0.862. The van der Waals surface area contributed by atoms with E-state index < -0.39 is 35.4 Å². The Morgan fingerprint density at radius 1 is 1.25 bits per heavy atom. The first-order chi connectivity index (χ1) is 9.45. The van der Waals surface area contributed by atoms with Crippen molar-refractivity contribution in [2.45, 2.75) is 19.8 Å². The van der Waals surface area contributed by atoms with E-state index in [0.717, 1.165) is 12.1 Å². The minimum atomic E-state index is -1.04. The number of anilines is 1. The fourth-order valence-corrected chi connectivity index (χ4v) is 2.05. The summed E-state index contributed by atoms with van der Waals surface area (Å²) in [4.78, 5) is 36.0. The van der Waals surface area contributed by atoms with Gasteiger partial charge in [0, 0.05) is 6.07 Å². The molecule has 1 unspecified atom stereocenters. The lowest BCUT2D eigenvalue weighted by molar-refractivity contribution is -0.134. The molecule has 20 heavy (non-hydrogen) atoms. The van der Waals surface area contributed by atoms with Crippen LogP contribution in [0.4, 0.5) is 19.3 Å². The Morgan fingerprint density at radius 3 is 2.55 bits per heavy atom. The monoisotopic (exact) mass is 282 g/mol. The van der Waals surface area contributed by atoms with Crippen molar-refractivity contribution >= 4 is 23.5 Å². The Balaban J connectivity index is 2.41. The van der Waals surface area contributed by atoms with E-state index >= 15 is 0 Å². The number of amides is 4. The van der Waals surface area contributed by atoms with E-state index in [9.17, 15) is 23.2 Å². The summed E-state index contributed by atoms with van der Waals surface area (Å²) in [6.45, 7) is 1.78. The minimum Gasteiger partial charge on any atom is -0.277 e. The van der Waals surface area contributed by atoms with Gasteiger partial charge in [-0.2, -0.15) is 0 Å². The van der Waals surface area contributed by atoms with Crippen LogP contribution < -0.4 is 10.2 Å². The number of barbiturate groups is 1. The van der Waals surface area contributed by atoms with Crippen molar-refractivity contribution < 1.29 is 23.2 Å². The van der Waals surface area contributed by atoms with Gasteiger partial charge >= 0.3 is 6.03 Å². The minimum absolute atomic E-state index is 0.247. The Labute approximate surface area is 113 Å². The molecule has 1 atom stereocenters. The fourth-order valence-electron chi connectivity index (χ4n) is 2.05. The van der Waals surface area contributed by atoms with Gasteiger partial charge in [-0.1, -0.05) is 13.3 Å². The molecule has 0 saturated carbocycles. The molecular weight excluding hydrogens is 270 g/mol. The molecule has 0 aromatic heterocycles. The van der Waals surface area contributed by atoms with E-state index in [1.807, 2.05) is 5.32 Å². The summed E-state index contributed by atoms with van der Waals surface area (Å²) in [5.41, 5.74) is -0.373. The number of nitrogens with one attached hydrogen (secondary N) is 1. The van der Waals surface area contributed by atoms with Crippen LogP contribution in [0, 0.1) is 17.6 Å². The topological polar surface area (TPSA) is 66.5 Å². The molecule has 0 radical (unpaired) electrons. The van der Waals surface area contributed by atoms with Crippen LogP contribution in [-0.2, 0) is 9.59 Å². The zero-order valence-corrected chi connectivity index (χ0v) is 10.7. The van der Waals surface area contributed by atoms with Gasteiger partial charge in [0.25, 0.3) is 0 Å². The lowest BCUT2D eigenvalue weighted by Gasteiger charge is -2.30. The van der Waals surface area contributed by atoms with E-state index in [2.05, 4.69) is 0 Å².